The van der Waals surface area contributed by atoms with Crippen LogP contribution in [-0.2, 0) is 0 Å². The number of rotatable bonds is 0. The van der Waals surface area contributed by atoms with E-state index in [1.165, 1.54) is 10.9 Å². The van der Waals surface area contributed by atoms with Crippen LogP contribution in [0.25, 0.3) is 0 Å². The topological polar surface area (TPSA) is 0 Å². The molecule has 0 saturated carbocycles. The summed E-state index contributed by atoms with van der Waals surface area (Å²) in [6.07, 6.45) is 0. The summed E-state index contributed by atoms with van der Waals surface area (Å²) in [5.41, 5.74) is 2.56. The summed E-state index contributed by atoms with van der Waals surface area (Å²) in [4.78, 5) is 0. The van der Waals surface area contributed by atoms with Crippen molar-refractivity contribution < 1.29 is 0 Å². The molecule has 7 heteroatoms. The van der Waals surface area contributed by atoms with Crippen molar-refractivity contribution in [3.05, 3.63) is 0 Å². The van der Waals surface area contributed by atoms with E-state index in [0.717, 1.165) is 0 Å². The summed E-state index contributed by atoms with van der Waals surface area (Å²) >= 11 is 15.2. The molecule has 0 heterocycles. The van der Waals surface area contributed by atoms with Crippen LogP contribution in [0.4, 0.5) is 0 Å². The van der Waals surface area contributed by atoms with Gasteiger partial charge in [0, 0.05) is 0 Å². The molecule has 0 aromatic carbocycles. The first-order chi connectivity index (χ1) is 2.83. The Morgan fingerprint density at radius 3 is 1.00 bits per heavy atom. The van der Waals surface area contributed by atoms with Crippen LogP contribution in [0.5, 0.6) is 0 Å². The Hall–Kier alpha value is 2.53. The third kappa shape index (κ3) is 56.8. The smallest absolute Gasteiger partial charge is 2.00 e. The minimum atomic E-state index is 0. The first-order valence-electron chi connectivity index (χ1n) is 0.988. The monoisotopic (exact) mass is 192 g/mol. The minimum absolute atomic E-state index is 0. The van der Waals surface area contributed by atoms with Crippen LogP contribution in [0.2, 0.25) is 0 Å². The summed E-state index contributed by atoms with van der Waals surface area (Å²) in [7, 11) is 0. The van der Waals surface area contributed by atoms with Gasteiger partial charge in [-0.15, -0.1) is 0 Å². The molecule has 0 N–H and O–H groups in total. The summed E-state index contributed by atoms with van der Waals surface area (Å²) < 4.78 is 0. The van der Waals surface area contributed by atoms with Gasteiger partial charge in [-0.25, -0.2) is 0 Å². The van der Waals surface area contributed by atoms with Gasteiger partial charge in [0.2, 0.25) is 0 Å². The van der Waals surface area contributed by atoms with Gasteiger partial charge in [0.15, 0.2) is 0 Å². The molecule has 0 fully saturated rings. The van der Waals surface area contributed by atoms with Gasteiger partial charge in [0.05, 0.1) is 0 Å². The largest absolute Gasteiger partial charge is 2.00 e. The van der Waals surface area contributed by atoms with Gasteiger partial charge >= 0.3 is 97.7 Å². The third-order valence-corrected chi connectivity index (χ3v) is 0. The maximum atomic E-state index is 4.13. The summed E-state index contributed by atoms with van der Waals surface area (Å²) in [5.74, 6) is 0. The molecule has 0 spiro atoms. The molecule has 32 valence electrons. The second-order valence-corrected chi connectivity index (χ2v) is 1.90. The molecule has 7 heavy (non-hydrogen) atoms. The van der Waals surface area contributed by atoms with Crippen LogP contribution in [0, 0.1) is 0 Å². The molecule has 0 aliphatic heterocycles. The van der Waals surface area contributed by atoms with E-state index in [1.807, 2.05) is 0 Å². The molecule has 0 amide bonds. The van der Waals surface area contributed by atoms with Crippen LogP contribution in [0.3, 0.4) is 0 Å². The fourth-order valence-electron chi connectivity index (χ4n) is 0. The van der Waals surface area contributed by atoms with Crippen molar-refractivity contribution in [2.45, 2.75) is 0 Å². The Bertz CT molecular complexity index is 30.7. The molecular formula is H2B2CaS4+2. The first kappa shape index (κ1) is 16.3. The van der Waals surface area contributed by atoms with Gasteiger partial charge in [0.25, 0.3) is 0 Å². The van der Waals surface area contributed by atoms with Gasteiger partial charge < -0.3 is 0 Å². The quantitative estimate of drug-likeness (QED) is 0.432. The molecule has 0 nitrogen and oxygen atoms in total. The molecule has 0 aromatic rings. The molecule has 0 saturated heterocycles. The van der Waals surface area contributed by atoms with Crippen LogP contribution >= 0.6 is 49.1 Å². The van der Waals surface area contributed by atoms with Crippen molar-refractivity contribution in [3.63, 3.8) is 0 Å². The summed E-state index contributed by atoms with van der Waals surface area (Å²) in [6.45, 7) is 0. The van der Waals surface area contributed by atoms with Gasteiger partial charge in [0.1, 0.15) is 0 Å². The van der Waals surface area contributed by atoms with Crippen LogP contribution in [-0.4, -0.2) is 48.6 Å². The zero-order chi connectivity index (χ0) is 5.41. The zero-order valence-corrected chi connectivity index (χ0v) is 9.20. The van der Waals surface area contributed by atoms with Crippen molar-refractivity contribution in [3.8, 4) is 0 Å². The van der Waals surface area contributed by atoms with E-state index < -0.39 is 0 Å². The molecule has 0 aliphatic carbocycles. The Morgan fingerprint density at radius 2 is 1.00 bits per heavy atom. The van der Waals surface area contributed by atoms with E-state index in [9.17, 15) is 0 Å². The molecular weight excluding hydrogens is 190 g/mol. The molecule has 0 atom stereocenters. The van der Waals surface area contributed by atoms with Crippen molar-refractivity contribution in [1.29, 1.82) is 0 Å². The Balaban J connectivity index is -0.0000000400. The van der Waals surface area contributed by atoms with E-state index in [1.54, 1.807) is 0 Å². The fraction of sp³-hybridized carbons (Fsp3) is 0. The number of hydrogen-bond acceptors (Lipinski definition) is 2. The summed E-state index contributed by atoms with van der Waals surface area (Å²) in [5, 5.41) is 0. The molecule has 0 unspecified atom stereocenters. The van der Waals surface area contributed by atoms with E-state index >= 15 is 0 Å². The maximum Gasteiger partial charge on any atom is 2.00 e. The first-order valence-corrected chi connectivity index (χ1v) is 2.96. The number of hydrogen-bond donors (Lipinski definition) is 2. The average Bonchev–Trinajstić information content (AvgIpc) is 1.39. The molecule has 0 aromatic heterocycles. The van der Waals surface area contributed by atoms with Gasteiger partial charge in [-0.05, 0) is 0 Å². The summed E-state index contributed by atoms with van der Waals surface area (Å²) in [6, 6.07) is 0. The zero-order valence-electron chi connectivity index (χ0n) is 3.57. The standard InChI is InChI=1S/2BHS2.Ca/c2*2-1-3;/h2*2H;/q;;+2. The van der Waals surface area contributed by atoms with Crippen molar-refractivity contribution in [2.75, 3.05) is 0 Å². The second kappa shape index (κ2) is 23.6. The molecule has 0 aliphatic rings. The average molecular weight is 192 g/mol. The molecule has 0 bridgehead atoms. The van der Waals surface area contributed by atoms with Gasteiger partial charge in [-0.3, -0.25) is 0 Å². The maximum absolute atomic E-state index is 4.13. The van der Waals surface area contributed by atoms with Crippen molar-refractivity contribution in [1.82, 2.24) is 0 Å². The third-order valence-electron chi connectivity index (χ3n) is 0. The van der Waals surface area contributed by atoms with Crippen LogP contribution in [0.15, 0.2) is 0 Å². The fourth-order valence-corrected chi connectivity index (χ4v) is 0. The Kier molecular flexibility index (Phi) is 54.8. The Morgan fingerprint density at radius 1 is 1.00 bits per heavy atom. The molecule has 0 rings (SSSR count). The minimum Gasteiger partial charge on any atom is 2.00 e. The SMILES string of the molecule is S=BS.S=BS.[Ca+2]. The van der Waals surface area contributed by atoms with E-state index in [-0.39, 0.29) is 37.7 Å². The van der Waals surface area contributed by atoms with Gasteiger partial charge in [-0.1, -0.05) is 0 Å². The number of thiol groups is 2. The van der Waals surface area contributed by atoms with Crippen molar-refractivity contribution in [2.24, 2.45) is 0 Å². The second-order valence-electron chi connectivity index (χ2n) is 0.211. The van der Waals surface area contributed by atoms with E-state index in [4.69, 9.17) is 0 Å². The predicted molar refractivity (Wildman–Crippen MR) is 50.4 cm³/mol. The molecule has 0 radical (unpaired) electrons. The van der Waals surface area contributed by atoms with Crippen LogP contribution < -0.4 is 0 Å². The normalized spacial score (nSPS) is 2.57. The predicted octanol–water partition coefficient (Wildman–Crippen LogP) is 0.915. The Labute approximate surface area is 96.0 Å². The van der Waals surface area contributed by atoms with Gasteiger partial charge in [-0.2, -0.15) is 0 Å². The van der Waals surface area contributed by atoms with Crippen molar-refractivity contribution >= 4 is 97.7 Å². The van der Waals surface area contributed by atoms with E-state index in [2.05, 4.69) is 49.1 Å². The van der Waals surface area contributed by atoms with E-state index in [0.29, 0.717) is 0 Å². The van der Waals surface area contributed by atoms with Crippen LogP contribution in [0.1, 0.15) is 0 Å².